The number of carbonyl (C=O) groups excluding carboxylic acids is 2. The Labute approximate surface area is 150 Å². The topological polar surface area (TPSA) is 58.6 Å². The van der Waals surface area contributed by atoms with Gasteiger partial charge in [0.15, 0.2) is 0 Å². The molecule has 0 aliphatic carbocycles. The Morgan fingerprint density at radius 2 is 1.41 bits per heavy atom. The highest BCUT2D eigenvalue weighted by molar-refractivity contribution is 6.39. The van der Waals surface area contributed by atoms with E-state index in [1.165, 1.54) is 0 Å². The maximum atomic E-state index is 12.8. The van der Waals surface area contributed by atoms with Gasteiger partial charge in [0.25, 0.3) is 0 Å². The van der Waals surface area contributed by atoms with Gasteiger partial charge in [-0.1, -0.05) is 0 Å². The third kappa shape index (κ3) is 5.34. The molecule has 1 aromatic carbocycles. The van der Waals surface area contributed by atoms with Gasteiger partial charge in [0.1, 0.15) is 0 Å². The molecule has 11 heteroatoms. The fraction of sp³-hybridized carbons (Fsp3) is 0.500. The lowest BCUT2D eigenvalue weighted by molar-refractivity contribution is -0.151. The number of carbonyl (C=O) groups is 2. The fourth-order valence-electron chi connectivity index (χ4n) is 2.70. The molecule has 5 nitrogen and oxygen atoms in total. The van der Waals surface area contributed by atoms with Gasteiger partial charge in [-0.2, -0.15) is 26.3 Å². The molecule has 2 atom stereocenters. The summed E-state index contributed by atoms with van der Waals surface area (Å²) in [5.41, 5.74) is -3.95. The minimum Gasteiger partial charge on any atom is -0.372 e. The molecule has 2 rings (SSSR count). The molecular formula is C16H16F6N2O3. The van der Waals surface area contributed by atoms with Crippen molar-refractivity contribution in [1.82, 2.24) is 4.90 Å². The number of hydrogen-bond acceptors (Lipinski definition) is 3. The Morgan fingerprint density at radius 3 is 1.81 bits per heavy atom. The van der Waals surface area contributed by atoms with Crippen molar-refractivity contribution >= 4 is 17.5 Å². The predicted octanol–water partition coefficient (Wildman–Crippen LogP) is 3.30. The maximum Gasteiger partial charge on any atom is 0.416 e. The molecular weight excluding hydrogens is 382 g/mol. The number of anilines is 1. The van der Waals surface area contributed by atoms with Gasteiger partial charge in [-0.05, 0) is 32.0 Å². The summed E-state index contributed by atoms with van der Waals surface area (Å²) in [5, 5.41) is 1.82. The molecule has 0 aromatic heterocycles. The highest BCUT2D eigenvalue weighted by atomic mass is 19.4. The van der Waals surface area contributed by atoms with Gasteiger partial charge in [0.05, 0.1) is 23.3 Å². The van der Waals surface area contributed by atoms with E-state index in [4.69, 9.17) is 4.74 Å². The molecule has 1 saturated heterocycles. The van der Waals surface area contributed by atoms with Crippen LogP contribution in [0.15, 0.2) is 18.2 Å². The van der Waals surface area contributed by atoms with Crippen LogP contribution in [0.4, 0.5) is 32.0 Å². The van der Waals surface area contributed by atoms with Gasteiger partial charge in [-0.3, -0.25) is 9.59 Å². The number of rotatable bonds is 1. The molecule has 0 spiro atoms. The first kappa shape index (κ1) is 21.0. The summed E-state index contributed by atoms with van der Waals surface area (Å²) in [5.74, 6) is -2.40. The van der Waals surface area contributed by atoms with E-state index in [0.29, 0.717) is 12.1 Å². The Bertz CT molecular complexity index is 690. The van der Waals surface area contributed by atoms with E-state index in [-0.39, 0.29) is 31.4 Å². The third-order valence-corrected chi connectivity index (χ3v) is 3.75. The van der Waals surface area contributed by atoms with Crippen LogP contribution in [-0.2, 0) is 26.7 Å². The molecule has 0 unspecified atom stereocenters. The molecule has 2 amide bonds. The molecule has 1 N–H and O–H groups in total. The van der Waals surface area contributed by atoms with Crippen molar-refractivity contribution in [3.63, 3.8) is 0 Å². The molecule has 1 aliphatic rings. The molecule has 1 aromatic rings. The molecule has 150 valence electrons. The SMILES string of the molecule is C[C@@H]1CN(C(=O)C(=O)Nc2cc(C(F)(F)F)cc(C(F)(F)F)c2)C[C@H](C)O1. The second-order valence-corrected chi connectivity index (χ2v) is 6.22. The van der Waals surface area contributed by atoms with Crippen molar-refractivity contribution in [2.24, 2.45) is 0 Å². The minimum absolute atomic E-state index is 0.0667. The van der Waals surface area contributed by atoms with Crippen LogP contribution in [-0.4, -0.2) is 42.0 Å². The van der Waals surface area contributed by atoms with Gasteiger partial charge in [-0.15, -0.1) is 0 Å². The lowest BCUT2D eigenvalue weighted by Crippen LogP contribution is -2.51. The summed E-state index contributed by atoms with van der Waals surface area (Å²) in [6, 6.07) is 0.610. The molecule has 1 aliphatic heterocycles. The Morgan fingerprint density at radius 1 is 0.963 bits per heavy atom. The van der Waals surface area contributed by atoms with E-state index in [0.717, 1.165) is 4.90 Å². The minimum atomic E-state index is -5.06. The van der Waals surface area contributed by atoms with Gasteiger partial charge in [0.2, 0.25) is 0 Å². The first-order chi connectivity index (χ1) is 12.3. The van der Waals surface area contributed by atoms with Crippen LogP contribution in [0.1, 0.15) is 25.0 Å². The number of hydrogen-bond donors (Lipinski definition) is 1. The Balaban J connectivity index is 2.25. The molecule has 1 fully saturated rings. The van der Waals surface area contributed by atoms with Crippen molar-refractivity contribution < 1.29 is 40.7 Å². The monoisotopic (exact) mass is 398 g/mol. The number of ether oxygens (including phenoxy) is 1. The normalized spacial score (nSPS) is 21.1. The van der Waals surface area contributed by atoms with Crippen molar-refractivity contribution in [3.8, 4) is 0 Å². The zero-order chi connectivity index (χ0) is 20.6. The first-order valence-electron chi connectivity index (χ1n) is 7.82. The number of nitrogens with one attached hydrogen (secondary N) is 1. The number of halogens is 6. The summed E-state index contributed by atoms with van der Waals surface area (Å²) < 4.78 is 82.4. The number of morpholine rings is 1. The molecule has 0 bridgehead atoms. The van der Waals surface area contributed by atoms with E-state index in [9.17, 15) is 35.9 Å². The second-order valence-electron chi connectivity index (χ2n) is 6.22. The van der Waals surface area contributed by atoms with Gasteiger partial charge in [-0.25, -0.2) is 0 Å². The molecule has 27 heavy (non-hydrogen) atoms. The summed E-state index contributed by atoms with van der Waals surface area (Å²) in [7, 11) is 0. The molecule has 0 saturated carbocycles. The van der Waals surface area contributed by atoms with Crippen LogP contribution in [0.3, 0.4) is 0 Å². The number of amides is 2. The van der Waals surface area contributed by atoms with Crippen molar-refractivity contribution in [2.45, 2.75) is 38.4 Å². The Hall–Kier alpha value is -2.30. The molecule has 0 radical (unpaired) electrons. The largest absolute Gasteiger partial charge is 0.416 e. The van der Waals surface area contributed by atoms with Crippen molar-refractivity contribution in [2.75, 3.05) is 18.4 Å². The number of benzene rings is 1. The standard InChI is InChI=1S/C16H16F6N2O3/c1-8-6-24(7-9(2)27-8)14(26)13(25)23-12-4-10(15(17,18)19)3-11(5-12)16(20,21)22/h3-5,8-9H,6-7H2,1-2H3,(H,23,25)/t8-,9+. The average molecular weight is 398 g/mol. The van der Waals surface area contributed by atoms with Gasteiger partial charge in [0, 0.05) is 18.8 Å². The van der Waals surface area contributed by atoms with E-state index < -0.39 is 41.0 Å². The van der Waals surface area contributed by atoms with Crippen molar-refractivity contribution in [3.05, 3.63) is 29.3 Å². The first-order valence-corrected chi connectivity index (χ1v) is 7.82. The summed E-state index contributed by atoms with van der Waals surface area (Å²) in [6.07, 6.45) is -10.8. The zero-order valence-electron chi connectivity index (χ0n) is 14.2. The summed E-state index contributed by atoms with van der Waals surface area (Å²) in [6.45, 7) is 3.48. The van der Waals surface area contributed by atoms with Crippen molar-refractivity contribution in [1.29, 1.82) is 0 Å². The number of alkyl halides is 6. The van der Waals surface area contributed by atoms with E-state index in [1.807, 2.05) is 5.32 Å². The molecule has 1 heterocycles. The smallest absolute Gasteiger partial charge is 0.372 e. The van der Waals surface area contributed by atoms with Crippen LogP contribution >= 0.6 is 0 Å². The summed E-state index contributed by atoms with van der Waals surface area (Å²) >= 11 is 0. The van der Waals surface area contributed by atoms with E-state index in [1.54, 1.807) is 13.8 Å². The fourth-order valence-corrected chi connectivity index (χ4v) is 2.70. The van der Waals surface area contributed by atoms with Crippen LogP contribution in [0.5, 0.6) is 0 Å². The summed E-state index contributed by atoms with van der Waals surface area (Å²) in [4.78, 5) is 25.3. The maximum absolute atomic E-state index is 12.8. The highest BCUT2D eigenvalue weighted by Gasteiger charge is 2.37. The van der Waals surface area contributed by atoms with Gasteiger partial charge >= 0.3 is 24.2 Å². The average Bonchev–Trinajstić information content (AvgIpc) is 2.51. The number of nitrogens with zero attached hydrogens (tertiary/aromatic N) is 1. The Kier molecular flexibility index (Phi) is 5.74. The van der Waals surface area contributed by atoms with Crippen LogP contribution in [0.25, 0.3) is 0 Å². The van der Waals surface area contributed by atoms with E-state index in [2.05, 4.69) is 0 Å². The second kappa shape index (κ2) is 7.37. The zero-order valence-corrected chi connectivity index (χ0v) is 14.2. The van der Waals surface area contributed by atoms with Crippen LogP contribution in [0.2, 0.25) is 0 Å². The highest BCUT2D eigenvalue weighted by Crippen LogP contribution is 2.37. The predicted molar refractivity (Wildman–Crippen MR) is 81.7 cm³/mol. The lowest BCUT2D eigenvalue weighted by Gasteiger charge is -2.34. The van der Waals surface area contributed by atoms with E-state index >= 15 is 0 Å². The van der Waals surface area contributed by atoms with Crippen LogP contribution in [0, 0.1) is 0 Å². The van der Waals surface area contributed by atoms with Crippen LogP contribution < -0.4 is 5.32 Å². The van der Waals surface area contributed by atoms with Gasteiger partial charge < -0.3 is 15.0 Å². The lowest BCUT2D eigenvalue weighted by atomic mass is 10.1. The third-order valence-electron chi connectivity index (χ3n) is 3.75. The quantitative estimate of drug-likeness (QED) is 0.584.